The van der Waals surface area contributed by atoms with E-state index in [9.17, 15) is 0 Å². The van der Waals surface area contributed by atoms with Gasteiger partial charge in [0.25, 0.3) is 0 Å². The molecule has 0 saturated heterocycles. The van der Waals surface area contributed by atoms with Crippen molar-refractivity contribution >= 4 is 17.6 Å². The first-order chi connectivity index (χ1) is 5.38. The van der Waals surface area contributed by atoms with E-state index in [4.69, 9.17) is 5.73 Å². The molecule has 0 unspecified atom stereocenters. The van der Waals surface area contributed by atoms with Crippen LogP contribution in [0.25, 0.3) is 0 Å². The van der Waals surface area contributed by atoms with E-state index in [1.54, 1.807) is 0 Å². The monoisotopic (exact) mass is 147 g/mol. The summed E-state index contributed by atoms with van der Waals surface area (Å²) < 4.78 is 0. The van der Waals surface area contributed by atoms with Crippen molar-refractivity contribution in [3.05, 3.63) is 23.8 Å². The number of hydrazone groups is 1. The highest BCUT2D eigenvalue weighted by Gasteiger charge is 2.06. The molecule has 1 aliphatic rings. The standard InChI is InChI=1S/C8H9N3/c9-7-2-1-3-8-6(7)4-5-10-11-8/h1-3,5,11H,4,9H2. The van der Waals surface area contributed by atoms with Gasteiger partial charge in [-0.15, -0.1) is 0 Å². The number of anilines is 2. The SMILES string of the molecule is Nc1cccc2c1CC=NN2. The largest absolute Gasteiger partial charge is 0.398 e. The molecule has 3 nitrogen and oxygen atoms in total. The van der Waals surface area contributed by atoms with Gasteiger partial charge in [-0.3, -0.25) is 5.43 Å². The normalized spacial score (nSPS) is 13.8. The van der Waals surface area contributed by atoms with Crippen LogP contribution in [0, 0.1) is 0 Å². The molecule has 56 valence electrons. The summed E-state index contributed by atoms with van der Waals surface area (Å²) in [5, 5.41) is 3.93. The molecule has 2 rings (SSSR count). The number of rotatable bonds is 0. The number of nitrogens with one attached hydrogen (secondary N) is 1. The summed E-state index contributed by atoms with van der Waals surface area (Å²) in [5.41, 5.74) is 11.6. The van der Waals surface area contributed by atoms with Crippen LogP contribution in [0.1, 0.15) is 5.56 Å². The van der Waals surface area contributed by atoms with E-state index in [-0.39, 0.29) is 0 Å². The zero-order valence-electron chi connectivity index (χ0n) is 6.04. The molecule has 0 fully saturated rings. The topological polar surface area (TPSA) is 50.4 Å². The minimum atomic E-state index is 0.828. The molecule has 0 radical (unpaired) electrons. The van der Waals surface area contributed by atoms with Gasteiger partial charge >= 0.3 is 0 Å². The molecule has 0 atom stereocenters. The second-order valence-corrected chi connectivity index (χ2v) is 2.50. The quantitative estimate of drug-likeness (QED) is 0.542. The van der Waals surface area contributed by atoms with Gasteiger partial charge < -0.3 is 5.73 Å². The minimum absolute atomic E-state index is 0.828. The van der Waals surface area contributed by atoms with Crippen LogP contribution in [-0.2, 0) is 6.42 Å². The van der Waals surface area contributed by atoms with E-state index in [1.165, 1.54) is 0 Å². The van der Waals surface area contributed by atoms with Gasteiger partial charge in [0.2, 0.25) is 0 Å². The number of nitrogen functional groups attached to an aromatic ring is 1. The minimum Gasteiger partial charge on any atom is -0.398 e. The van der Waals surface area contributed by atoms with Gasteiger partial charge in [0, 0.05) is 23.9 Å². The number of hydrogen-bond acceptors (Lipinski definition) is 3. The number of fused-ring (bicyclic) bond motifs is 1. The molecule has 11 heavy (non-hydrogen) atoms. The van der Waals surface area contributed by atoms with Gasteiger partial charge in [-0.05, 0) is 12.1 Å². The first-order valence-electron chi connectivity index (χ1n) is 3.53. The third-order valence-corrected chi connectivity index (χ3v) is 1.78. The van der Waals surface area contributed by atoms with Crippen molar-refractivity contribution in [2.24, 2.45) is 5.10 Å². The van der Waals surface area contributed by atoms with Crippen LogP contribution in [0.15, 0.2) is 23.3 Å². The van der Waals surface area contributed by atoms with Crippen LogP contribution >= 0.6 is 0 Å². The maximum atomic E-state index is 5.74. The molecule has 1 aromatic rings. The highest BCUT2D eigenvalue weighted by molar-refractivity contribution is 5.76. The van der Waals surface area contributed by atoms with E-state index in [1.807, 2.05) is 24.4 Å². The summed E-state index contributed by atoms with van der Waals surface area (Å²) in [5.74, 6) is 0. The Morgan fingerprint density at radius 3 is 3.18 bits per heavy atom. The lowest BCUT2D eigenvalue weighted by atomic mass is 10.1. The lowest BCUT2D eigenvalue weighted by Crippen LogP contribution is -2.05. The van der Waals surface area contributed by atoms with Crippen molar-refractivity contribution in [2.45, 2.75) is 6.42 Å². The average Bonchev–Trinajstić information content (AvgIpc) is 2.06. The van der Waals surface area contributed by atoms with E-state index in [0.717, 1.165) is 23.4 Å². The van der Waals surface area contributed by atoms with E-state index in [0.29, 0.717) is 0 Å². The molecule has 3 heteroatoms. The second-order valence-electron chi connectivity index (χ2n) is 2.50. The van der Waals surface area contributed by atoms with Gasteiger partial charge in [-0.1, -0.05) is 6.07 Å². The maximum Gasteiger partial charge on any atom is 0.0617 e. The fourth-order valence-corrected chi connectivity index (χ4v) is 1.19. The third-order valence-electron chi connectivity index (χ3n) is 1.78. The highest BCUT2D eigenvalue weighted by Crippen LogP contribution is 2.23. The maximum absolute atomic E-state index is 5.74. The zero-order valence-corrected chi connectivity index (χ0v) is 6.04. The van der Waals surface area contributed by atoms with Gasteiger partial charge in [0.15, 0.2) is 0 Å². The summed E-state index contributed by atoms with van der Waals surface area (Å²) in [6.07, 6.45) is 2.65. The van der Waals surface area contributed by atoms with E-state index >= 15 is 0 Å². The third kappa shape index (κ3) is 0.941. The molecule has 0 bridgehead atoms. The number of benzene rings is 1. The molecule has 0 saturated carbocycles. The smallest absolute Gasteiger partial charge is 0.0617 e. The van der Waals surface area contributed by atoms with Crippen molar-refractivity contribution in [2.75, 3.05) is 11.2 Å². The van der Waals surface area contributed by atoms with Crippen molar-refractivity contribution < 1.29 is 0 Å². The molecule has 1 heterocycles. The van der Waals surface area contributed by atoms with Crippen LogP contribution < -0.4 is 11.2 Å². The van der Waals surface area contributed by atoms with Gasteiger partial charge in [-0.2, -0.15) is 5.10 Å². The number of hydrogen-bond donors (Lipinski definition) is 2. The lowest BCUT2D eigenvalue weighted by molar-refractivity contribution is 1.21. The van der Waals surface area contributed by atoms with Gasteiger partial charge in [0.1, 0.15) is 0 Å². The van der Waals surface area contributed by atoms with Crippen LogP contribution in [0.3, 0.4) is 0 Å². The average molecular weight is 147 g/mol. The fourth-order valence-electron chi connectivity index (χ4n) is 1.19. The Balaban J connectivity index is 2.54. The van der Waals surface area contributed by atoms with Gasteiger partial charge in [0.05, 0.1) is 5.69 Å². The summed E-state index contributed by atoms with van der Waals surface area (Å²) in [4.78, 5) is 0. The fraction of sp³-hybridized carbons (Fsp3) is 0.125. The Hall–Kier alpha value is -1.51. The Morgan fingerprint density at radius 2 is 2.36 bits per heavy atom. The molecule has 0 aliphatic carbocycles. The lowest BCUT2D eigenvalue weighted by Gasteiger charge is -2.12. The molecule has 1 aromatic carbocycles. The Bertz CT molecular complexity index is 304. The number of nitrogens with zero attached hydrogens (tertiary/aromatic N) is 1. The van der Waals surface area contributed by atoms with Crippen LogP contribution in [0.5, 0.6) is 0 Å². The summed E-state index contributed by atoms with van der Waals surface area (Å²) in [6.45, 7) is 0. The Labute approximate surface area is 64.9 Å². The molecule has 3 N–H and O–H groups in total. The predicted octanol–water partition coefficient (Wildman–Crippen LogP) is 1.22. The summed E-state index contributed by atoms with van der Waals surface area (Å²) >= 11 is 0. The first-order valence-corrected chi connectivity index (χ1v) is 3.53. The second kappa shape index (κ2) is 2.27. The van der Waals surface area contributed by atoms with Crippen molar-refractivity contribution in [1.82, 2.24) is 0 Å². The van der Waals surface area contributed by atoms with Crippen LogP contribution in [-0.4, -0.2) is 6.21 Å². The Morgan fingerprint density at radius 1 is 1.45 bits per heavy atom. The zero-order chi connectivity index (χ0) is 7.68. The molecule has 0 spiro atoms. The molecular weight excluding hydrogens is 138 g/mol. The molecular formula is C8H9N3. The van der Waals surface area contributed by atoms with E-state index < -0.39 is 0 Å². The molecule has 0 aromatic heterocycles. The van der Waals surface area contributed by atoms with Crippen LogP contribution in [0.4, 0.5) is 11.4 Å². The molecule has 0 amide bonds. The van der Waals surface area contributed by atoms with Crippen molar-refractivity contribution in [1.29, 1.82) is 0 Å². The van der Waals surface area contributed by atoms with Crippen molar-refractivity contribution in [3.8, 4) is 0 Å². The van der Waals surface area contributed by atoms with Gasteiger partial charge in [-0.25, -0.2) is 0 Å². The predicted molar refractivity (Wildman–Crippen MR) is 46.7 cm³/mol. The van der Waals surface area contributed by atoms with Crippen molar-refractivity contribution in [3.63, 3.8) is 0 Å². The molecule has 1 aliphatic heterocycles. The van der Waals surface area contributed by atoms with E-state index in [2.05, 4.69) is 10.5 Å². The van der Waals surface area contributed by atoms with Crippen LogP contribution in [0.2, 0.25) is 0 Å². The first kappa shape index (κ1) is 6.22. The highest BCUT2D eigenvalue weighted by atomic mass is 15.3. The number of nitrogens with two attached hydrogens (primary N) is 1. The summed E-state index contributed by atoms with van der Waals surface area (Å²) in [7, 11) is 0. The summed E-state index contributed by atoms with van der Waals surface area (Å²) in [6, 6.07) is 5.80. The Kier molecular flexibility index (Phi) is 1.28.